The third-order valence-corrected chi connectivity index (χ3v) is 3.36. The van der Waals surface area contributed by atoms with Crippen LogP contribution in [0.3, 0.4) is 0 Å². The lowest BCUT2D eigenvalue weighted by Gasteiger charge is -2.16. The molecule has 1 aromatic carbocycles. The molecule has 0 amide bonds. The fourth-order valence-corrected chi connectivity index (χ4v) is 2.24. The number of pyridine rings is 1. The van der Waals surface area contributed by atoms with Crippen molar-refractivity contribution in [3.63, 3.8) is 0 Å². The van der Waals surface area contributed by atoms with Gasteiger partial charge in [0.15, 0.2) is 0 Å². The maximum absolute atomic E-state index is 4.73. The van der Waals surface area contributed by atoms with E-state index in [1.165, 1.54) is 11.1 Å². The third kappa shape index (κ3) is 3.32. The average Bonchev–Trinajstić information content (AvgIpc) is 2.45. The van der Waals surface area contributed by atoms with Crippen LogP contribution in [0, 0.1) is 0 Å². The molecule has 0 bridgehead atoms. The SMILES string of the molecule is CC(C)c1cccc(C(C)C)c1/N=C/c1ccccn1. The molecule has 0 fully saturated rings. The van der Waals surface area contributed by atoms with Crippen LogP contribution in [0.1, 0.15) is 56.4 Å². The number of benzene rings is 1. The van der Waals surface area contributed by atoms with Crippen molar-refractivity contribution in [3.8, 4) is 0 Å². The number of aromatic nitrogens is 1. The Morgan fingerprint density at radius 1 is 0.900 bits per heavy atom. The molecule has 0 spiro atoms. The fraction of sp³-hybridized carbons (Fsp3) is 0.333. The van der Waals surface area contributed by atoms with E-state index in [2.05, 4.69) is 50.9 Å². The summed E-state index contributed by atoms with van der Waals surface area (Å²) in [7, 11) is 0. The van der Waals surface area contributed by atoms with Crippen molar-refractivity contribution in [2.24, 2.45) is 4.99 Å². The quantitative estimate of drug-likeness (QED) is 0.708. The zero-order valence-electron chi connectivity index (χ0n) is 12.7. The van der Waals surface area contributed by atoms with Crippen molar-refractivity contribution >= 4 is 11.9 Å². The molecule has 0 aliphatic rings. The van der Waals surface area contributed by atoms with Crippen molar-refractivity contribution in [1.82, 2.24) is 4.98 Å². The normalized spacial score (nSPS) is 11.7. The van der Waals surface area contributed by atoms with Gasteiger partial charge in [0, 0.05) is 6.20 Å². The van der Waals surface area contributed by atoms with Gasteiger partial charge in [-0.3, -0.25) is 9.98 Å². The van der Waals surface area contributed by atoms with Crippen molar-refractivity contribution in [1.29, 1.82) is 0 Å². The standard InChI is InChI=1S/C18H22N2/c1-13(2)16-9-7-10-17(14(3)4)18(16)20-12-15-8-5-6-11-19-15/h5-14H,1-4H3/b20-12+. The summed E-state index contributed by atoms with van der Waals surface area (Å²) in [5.41, 5.74) is 4.58. The Morgan fingerprint density at radius 2 is 1.55 bits per heavy atom. The maximum atomic E-state index is 4.73. The maximum Gasteiger partial charge on any atom is 0.0812 e. The van der Waals surface area contributed by atoms with Gasteiger partial charge in [0.25, 0.3) is 0 Å². The molecule has 0 aliphatic carbocycles. The van der Waals surface area contributed by atoms with E-state index in [0.717, 1.165) is 11.4 Å². The van der Waals surface area contributed by atoms with Crippen LogP contribution >= 0.6 is 0 Å². The Balaban J connectivity index is 2.46. The summed E-state index contributed by atoms with van der Waals surface area (Å²) in [6, 6.07) is 12.3. The minimum Gasteiger partial charge on any atom is -0.255 e. The van der Waals surface area contributed by atoms with Gasteiger partial charge >= 0.3 is 0 Å². The van der Waals surface area contributed by atoms with Gasteiger partial charge in [0.2, 0.25) is 0 Å². The van der Waals surface area contributed by atoms with E-state index in [1.54, 1.807) is 6.20 Å². The Kier molecular flexibility index (Phi) is 4.67. The molecule has 20 heavy (non-hydrogen) atoms. The summed E-state index contributed by atoms with van der Waals surface area (Å²) in [5, 5.41) is 0. The second kappa shape index (κ2) is 6.47. The lowest BCUT2D eigenvalue weighted by molar-refractivity contribution is 0.835. The number of rotatable bonds is 4. The van der Waals surface area contributed by atoms with Crippen LogP contribution in [0.25, 0.3) is 0 Å². The fourth-order valence-electron chi connectivity index (χ4n) is 2.24. The van der Waals surface area contributed by atoms with Gasteiger partial charge < -0.3 is 0 Å². The summed E-state index contributed by atoms with van der Waals surface area (Å²) in [6.07, 6.45) is 3.64. The number of hydrogen-bond donors (Lipinski definition) is 0. The highest BCUT2D eigenvalue weighted by atomic mass is 14.8. The number of nitrogens with zero attached hydrogens (tertiary/aromatic N) is 2. The topological polar surface area (TPSA) is 25.2 Å². The monoisotopic (exact) mass is 266 g/mol. The van der Waals surface area contributed by atoms with Gasteiger partial charge in [-0.05, 0) is 35.1 Å². The number of aliphatic imine (C=N–C) groups is 1. The summed E-state index contributed by atoms with van der Waals surface area (Å²) in [5.74, 6) is 0.925. The van der Waals surface area contributed by atoms with E-state index in [-0.39, 0.29) is 0 Å². The molecular formula is C18H22N2. The zero-order chi connectivity index (χ0) is 14.5. The first-order chi connectivity index (χ1) is 9.59. The summed E-state index contributed by atoms with van der Waals surface area (Å²) in [4.78, 5) is 9.02. The third-order valence-electron chi connectivity index (χ3n) is 3.36. The van der Waals surface area contributed by atoms with Crippen LogP contribution in [0.5, 0.6) is 0 Å². The molecule has 2 aromatic rings. The molecule has 0 unspecified atom stereocenters. The summed E-state index contributed by atoms with van der Waals surface area (Å²) >= 11 is 0. The molecule has 2 rings (SSSR count). The smallest absolute Gasteiger partial charge is 0.0812 e. The highest BCUT2D eigenvalue weighted by molar-refractivity contribution is 5.80. The van der Waals surface area contributed by atoms with Crippen LogP contribution in [-0.2, 0) is 0 Å². The first-order valence-corrected chi connectivity index (χ1v) is 7.17. The van der Waals surface area contributed by atoms with Crippen LogP contribution in [0.15, 0.2) is 47.6 Å². The van der Waals surface area contributed by atoms with E-state index in [4.69, 9.17) is 4.99 Å². The molecule has 104 valence electrons. The Bertz CT molecular complexity index is 557. The molecular weight excluding hydrogens is 244 g/mol. The van der Waals surface area contributed by atoms with Crippen molar-refractivity contribution < 1.29 is 0 Å². The van der Waals surface area contributed by atoms with Gasteiger partial charge in [-0.2, -0.15) is 0 Å². The van der Waals surface area contributed by atoms with Crippen molar-refractivity contribution in [2.75, 3.05) is 0 Å². The largest absolute Gasteiger partial charge is 0.255 e. The average molecular weight is 266 g/mol. The zero-order valence-corrected chi connectivity index (χ0v) is 12.7. The van der Waals surface area contributed by atoms with Gasteiger partial charge in [-0.15, -0.1) is 0 Å². The van der Waals surface area contributed by atoms with Crippen LogP contribution in [0.4, 0.5) is 5.69 Å². The molecule has 0 N–H and O–H groups in total. The van der Waals surface area contributed by atoms with E-state index < -0.39 is 0 Å². The highest BCUT2D eigenvalue weighted by Gasteiger charge is 2.12. The Labute approximate surface area is 121 Å². The van der Waals surface area contributed by atoms with Crippen LogP contribution < -0.4 is 0 Å². The van der Waals surface area contributed by atoms with Gasteiger partial charge in [0.1, 0.15) is 0 Å². The molecule has 1 aromatic heterocycles. The van der Waals surface area contributed by atoms with Gasteiger partial charge in [-0.1, -0.05) is 52.0 Å². The molecule has 1 heterocycles. The van der Waals surface area contributed by atoms with Crippen molar-refractivity contribution in [2.45, 2.75) is 39.5 Å². The minimum absolute atomic E-state index is 0.463. The number of hydrogen-bond acceptors (Lipinski definition) is 2. The van der Waals surface area contributed by atoms with Crippen LogP contribution in [-0.4, -0.2) is 11.2 Å². The van der Waals surface area contributed by atoms with E-state index in [1.807, 2.05) is 24.4 Å². The first-order valence-electron chi connectivity index (χ1n) is 7.17. The Hall–Kier alpha value is -1.96. The summed E-state index contributed by atoms with van der Waals surface area (Å²) in [6.45, 7) is 8.83. The van der Waals surface area contributed by atoms with E-state index in [9.17, 15) is 0 Å². The second-order valence-corrected chi connectivity index (χ2v) is 5.61. The number of para-hydroxylation sites is 1. The predicted molar refractivity (Wildman–Crippen MR) is 86.1 cm³/mol. The molecule has 2 nitrogen and oxygen atoms in total. The molecule has 0 radical (unpaired) electrons. The second-order valence-electron chi connectivity index (χ2n) is 5.61. The molecule has 0 saturated carbocycles. The molecule has 0 saturated heterocycles. The minimum atomic E-state index is 0.463. The lowest BCUT2D eigenvalue weighted by atomic mass is 9.93. The lowest BCUT2D eigenvalue weighted by Crippen LogP contribution is -1.96. The first kappa shape index (κ1) is 14.4. The van der Waals surface area contributed by atoms with Gasteiger partial charge in [-0.25, -0.2) is 0 Å². The predicted octanol–water partition coefficient (Wildman–Crippen LogP) is 5.08. The molecule has 0 aliphatic heterocycles. The Morgan fingerprint density at radius 3 is 2.05 bits per heavy atom. The van der Waals surface area contributed by atoms with Crippen molar-refractivity contribution in [3.05, 3.63) is 59.4 Å². The van der Waals surface area contributed by atoms with E-state index >= 15 is 0 Å². The molecule has 0 atom stereocenters. The van der Waals surface area contributed by atoms with E-state index in [0.29, 0.717) is 11.8 Å². The van der Waals surface area contributed by atoms with Crippen LogP contribution in [0.2, 0.25) is 0 Å². The van der Waals surface area contributed by atoms with Gasteiger partial charge in [0.05, 0.1) is 17.6 Å². The summed E-state index contributed by atoms with van der Waals surface area (Å²) < 4.78 is 0. The molecule has 2 heteroatoms. The highest BCUT2D eigenvalue weighted by Crippen LogP contribution is 2.34.